The van der Waals surface area contributed by atoms with Crippen molar-refractivity contribution in [3.63, 3.8) is 0 Å². The maximum Gasteiger partial charge on any atom is 0.338 e. The van der Waals surface area contributed by atoms with Crippen molar-refractivity contribution in [1.82, 2.24) is 14.6 Å². The fourth-order valence-corrected chi connectivity index (χ4v) is 8.26. The number of rotatable bonds is 8. The number of nitrogens with one attached hydrogen (secondary N) is 1. The van der Waals surface area contributed by atoms with Crippen LogP contribution in [-0.4, -0.2) is 65.5 Å². The summed E-state index contributed by atoms with van der Waals surface area (Å²) in [7, 11) is -3.67. The lowest BCUT2D eigenvalue weighted by atomic mass is 9.85. The molecule has 2 aliphatic heterocycles. The molecule has 5 rings (SSSR count). The van der Waals surface area contributed by atoms with Gasteiger partial charge in [0.25, 0.3) is 0 Å². The molecule has 0 radical (unpaired) electrons. The highest BCUT2D eigenvalue weighted by molar-refractivity contribution is 7.89. The lowest BCUT2D eigenvalue weighted by Gasteiger charge is -2.40. The maximum absolute atomic E-state index is 14.7. The van der Waals surface area contributed by atoms with Crippen LogP contribution < -0.4 is 5.32 Å². The van der Waals surface area contributed by atoms with Gasteiger partial charge in [-0.25, -0.2) is 31.3 Å². The minimum atomic E-state index is -3.67. The third-order valence-corrected chi connectivity index (χ3v) is 11.1. The number of aliphatic imine (C=N–C) groups is 1. The fourth-order valence-electron chi connectivity index (χ4n) is 5.58. The molecule has 1 saturated heterocycles. The molecular weight excluding hydrogens is 578 g/mol. The molecule has 0 spiro atoms. The zero-order valence-electron chi connectivity index (χ0n) is 22.5. The molecule has 1 aromatic carbocycles. The van der Waals surface area contributed by atoms with Gasteiger partial charge in [0, 0.05) is 36.3 Å². The number of piperidine rings is 1. The van der Waals surface area contributed by atoms with E-state index < -0.39 is 50.8 Å². The largest absolute Gasteiger partial charge is 0.481 e. The molecule has 1 atom stereocenters. The Balaban J connectivity index is 1.49. The third kappa shape index (κ3) is 5.52. The molecule has 1 aromatic heterocycles. The molecule has 0 amide bonds. The van der Waals surface area contributed by atoms with Crippen LogP contribution in [0.1, 0.15) is 54.8 Å². The van der Waals surface area contributed by atoms with Crippen molar-refractivity contribution in [2.45, 2.75) is 50.8 Å². The van der Waals surface area contributed by atoms with Gasteiger partial charge in [-0.15, -0.1) is 11.3 Å². The van der Waals surface area contributed by atoms with Crippen molar-refractivity contribution in [3.8, 4) is 0 Å². The molecule has 1 unspecified atom stereocenters. The standard InChI is InChI=1S/C27H30F2N4O6S2/c1-3-39-27(36)20-22(15-6-9-33(10-7-15)41(37,38)17-12-16(13-17)26(34)35)31-24(25-30-8-11-40-25)32-23(20)18-4-5-19(28)21(29)14(18)2/h4-5,8,11,15-17,23H,3,6-7,9-10,12-13H2,1-2H3,(H,31,32)(H,34,35)/t16-,17+,23?. The Labute approximate surface area is 240 Å². The zero-order chi connectivity index (χ0) is 29.5. The van der Waals surface area contributed by atoms with Gasteiger partial charge in [-0.2, -0.15) is 0 Å². The average molecular weight is 609 g/mol. The Morgan fingerprint density at radius 1 is 1.22 bits per heavy atom. The predicted molar refractivity (Wildman–Crippen MR) is 147 cm³/mol. The number of ether oxygens (including phenoxy) is 1. The van der Waals surface area contributed by atoms with Gasteiger partial charge >= 0.3 is 11.9 Å². The number of carboxylic acid groups (broad SMARTS) is 1. The molecule has 1 saturated carbocycles. The van der Waals surface area contributed by atoms with E-state index in [1.165, 1.54) is 28.6 Å². The summed E-state index contributed by atoms with van der Waals surface area (Å²) < 4.78 is 61.8. The van der Waals surface area contributed by atoms with E-state index in [0.29, 0.717) is 34.9 Å². The molecule has 220 valence electrons. The summed E-state index contributed by atoms with van der Waals surface area (Å²) in [5.74, 6) is -4.27. The summed E-state index contributed by atoms with van der Waals surface area (Å²) in [5, 5.41) is 14.0. The molecule has 2 N–H and O–H groups in total. The lowest BCUT2D eigenvalue weighted by Crippen LogP contribution is -2.50. The fraction of sp³-hybridized carbons (Fsp3) is 0.481. The molecular formula is C27H30F2N4O6S2. The quantitative estimate of drug-likeness (QED) is 0.434. The second-order valence-electron chi connectivity index (χ2n) is 10.3. The first kappa shape index (κ1) is 29.3. The van der Waals surface area contributed by atoms with E-state index >= 15 is 0 Å². The van der Waals surface area contributed by atoms with Gasteiger partial charge in [-0.05, 0) is 56.7 Å². The van der Waals surface area contributed by atoms with E-state index in [4.69, 9.17) is 14.8 Å². The van der Waals surface area contributed by atoms with Crippen molar-refractivity contribution in [1.29, 1.82) is 0 Å². The molecule has 3 aliphatic rings. The summed E-state index contributed by atoms with van der Waals surface area (Å²) in [4.78, 5) is 33.6. The number of aromatic nitrogens is 1. The summed E-state index contributed by atoms with van der Waals surface area (Å²) in [6, 6.07) is 1.39. The number of carbonyl (C=O) groups is 2. The van der Waals surface area contributed by atoms with Gasteiger partial charge in [0.15, 0.2) is 22.5 Å². The Hall–Kier alpha value is -3.23. The number of carboxylic acids is 1. The predicted octanol–water partition coefficient (Wildman–Crippen LogP) is 3.54. The van der Waals surface area contributed by atoms with Gasteiger partial charge in [-0.1, -0.05) is 6.07 Å². The molecule has 41 heavy (non-hydrogen) atoms. The highest BCUT2D eigenvalue weighted by atomic mass is 32.2. The van der Waals surface area contributed by atoms with Gasteiger partial charge in [-0.3, -0.25) is 9.79 Å². The smallest absolute Gasteiger partial charge is 0.338 e. The number of sulfonamides is 1. The minimum absolute atomic E-state index is 0.0152. The number of aliphatic carboxylic acids is 1. The second kappa shape index (κ2) is 11.6. The Kier molecular flexibility index (Phi) is 8.26. The number of carbonyl (C=O) groups excluding carboxylic acids is 1. The summed E-state index contributed by atoms with van der Waals surface area (Å²) >= 11 is 1.32. The van der Waals surface area contributed by atoms with Crippen LogP contribution in [0.4, 0.5) is 8.78 Å². The first-order valence-electron chi connectivity index (χ1n) is 13.3. The number of allylic oxidation sites excluding steroid dienone is 1. The van der Waals surface area contributed by atoms with E-state index in [-0.39, 0.29) is 49.6 Å². The molecule has 1 aliphatic carbocycles. The maximum atomic E-state index is 14.7. The highest BCUT2D eigenvalue weighted by Crippen LogP contribution is 2.41. The van der Waals surface area contributed by atoms with Crippen LogP contribution in [0.25, 0.3) is 0 Å². The molecule has 10 nitrogen and oxygen atoms in total. The van der Waals surface area contributed by atoms with Crippen LogP contribution in [-0.2, 0) is 24.3 Å². The van der Waals surface area contributed by atoms with Gasteiger partial charge in [0.2, 0.25) is 10.0 Å². The number of benzene rings is 1. The molecule has 2 aromatic rings. The minimum Gasteiger partial charge on any atom is -0.481 e. The Bertz CT molecular complexity index is 1510. The van der Waals surface area contributed by atoms with Gasteiger partial charge in [0.05, 0.1) is 23.3 Å². The SMILES string of the molecule is CCOC(=O)C1=C(C2CCN(S(=O)(=O)[C@H]3C[C@@H](C(=O)O)C3)CC2)NC(c2nccs2)=NC1c1ccc(F)c(F)c1C. The van der Waals surface area contributed by atoms with Crippen molar-refractivity contribution >= 4 is 39.1 Å². The van der Waals surface area contributed by atoms with Gasteiger partial charge in [0.1, 0.15) is 6.04 Å². The van der Waals surface area contributed by atoms with Crippen molar-refractivity contribution in [3.05, 3.63) is 62.7 Å². The number of hydrogen-bond donors (Lipinski definition) is 2. The van der Waals surface area contributed by atoms with E-state index in [1.54, 1.807) is 18.5 Å². The Morgan fingerprint density at radius 2 is 1.93 bits per heavy atom. The second-order valence-corrected chi connectivity index (χ2v) is 13.4. The van der Waals surface area contributed by atoms with Crippen LogP contribution >= 0.6 is 11.3 Å². The van der Waals surface area contributed by atoms with E-state index in [2.05, 4.69) is 10.3 Å². The number of esters is 1. The van der Waals surface area contributed by atoms with Crippen molar-refractivity contribution in [2.24, 2.45) is 16.8 Å². The summed E-state index contributed by atoms with van der Waals surface area (Å²) in [6.07, 6.45) is 2.54. The monoisotopic (exact) mass is 608 g/mol. The number of halogens is 2. The zero-order valence-corrected chi connectivity index (χ0v) is 24.1. The van der Waals surface area contributed by atoms with Gasteiger partial charge < -0.3 is 15.2 Å². The van der Waals surface area contributed by atoms with Crippen molar-refractivity contribution < 1.29 is 36.6 Å². The Morgan fingerprint density at radius 3 is 2.54 bits per heavy atom. The normalized spacial score (nSPS) is 23.9. The van der Waals surface area contributed by atoms with Crippen LogP contribution in [0.2, 0.25) is 0 Å². The summed E-state index contributed by atoms with van der Waals surface area (Å²) in [5.41, 5.74) is 0.967. The van der Waals surface area contributed by atoms with Crippen molar-refractivity contribution in [2.75, 3.05) is 19.7 Å². The molecule has 3 heterocycles. The van der Waals surface area contributed by atoms with E-state index in [0.717, 1.165) is 6.07 Å². The summed E-state index contributed by atoms with van der Waals surface area (Å²) in [6.45, 7) is 3.53. The molecule has 14 heteroatoms. The first-order valence-corrected chi connectivity index (χ1v) is 15.7. The number of nitrogens with zero attached hydrogens (tertiary/aromatic N) is 3. The van der Waals surface area contributed by atoms with Crippen LogP contribution in [0.3, 0.4) is 0 Å². The number of thiazole rings is 1. The van der Waals surface area contributed by atoms with Crippen LogP contribution in [0.5, 0.6) is 0 Å². The number of hydrogen-bond acceptors (Lipinski definition) is 9. The number of amidine groups is 1. The average Bonchev–Trinajstić information content (AvgIpc) is 3.45. The lowest BCUT2D eigenvalue weighted by molar-refractivity contribution is -0.144. The van der Waals surface area contributed by atoms with Crippen LogP contribution in [0, 0.1) is 30.4 Å². The first-order chi connectivity index (χ1) is 19.5. The van der Waals surface area contributed by atoms with E-state index in [9.17, 15) is 26.8 Å². The molecule has 0 bridgehead atoms. The van der Waals surface area contributed by atoms with E-state index in [1.807, 2.05) is 0 Å². The molecule has 2 fully saturated rings. The highest BCUT2D eigenvalue weighted by Gasteiger charge is 2.46. The topological polar surface area (TPSA) is 138 Å². The third-order valence-electron chi connectivity index (χ3n) is 7.97. The van der Waals surface area contributed by atoms with Crippen LogP contribution in [0.15, 0.2) is 40.0 Å².